The molecular weight excluding hydrogens is 268 g/mol. The first-order valence-corrected chi connectivity index (χ1v) is 7.48. The Morgan fingerprint density at radius 3 is 2.95 bits per heavy atom. The van der Waals surface area contributed by atoms with Gasteiger partial charge < -0.3 is 20.1 Å². The first-order valence-electron chi connectivity index (χ1n) is 7.48. The van der Waals surface area contributed by atoms with Crippen molar-refractivity contribution >= 4 is 11.6 Å². The number of piperidine rings is 1. The van der Waals surface area contributed by atoms with Crippen LogP contribution >= 0.6 is 0 Å². The Labute approximate surface area is 126 Å². The Hall–Kier alpha value is -1.43. The molecule has 1 aromatic carbocycles. The van der Waals surface area contributed by atoms with E-state index in [1.165, 1.54) is 0 Å². The summed E-state index contributed by atoms with van der Waals surface area (Å²) in [5.74, 6) is -0.0153. The molecule has 0 atom stereocenters. The first kappa shape index (κ1) is 15.9. The van der Waals surface area contributed by atoms with Crippen molar-refractivity contribution in [2.45, 2.75) is 32.0 Å². The zero-order chi connectivity index (χ0) is 14.9. The van der Waals surface area contributed by atoms with Crippen LogP contribution in [0.3, 0.4) is 0 Å². The summed E-state index contributed by atoms with van der Waals surface area (Å²) in [5, 5.41) is 6.18. The number of ether oxygens (including phenoxy) is 2. The van der Waals surface area contributed by atoms with Crippen molar-refractivity contribution in [2.24, 2.45) is 0 Å². The van der Waals surface area contributed by atoms with Crippen molar-refractivity contribution in [3.05, 3.63) is 29.8 Å². The number of benzene rings is 1. The molecule has 0 bridgehead atoms. The van der Waals surface area contributed by atoms with Crippen LogP contribution in [0.5, 0.6) is 0 Å². The van der Waals surface area contributed by atoms with E-state index >= 15 is 0 Å². The minimum atomic E-state index is -0.0153. The van der Waals surface area contributed by atoms with Gasteiger partial charge >= 0.3 is 0 Å². The molecule has 0 aliphatic carbocycles. The van der Waals surface area contributed by atoms with Gasteiger partial charge in [-0.1, -0.05) is 12.1 Å². The van der Waals surface area contributed by atoms with Gasteiger partial charge in [-0.25, -0.2) is 0 Å². The summed E-state index contributed by atoms with van der Waals surface area (Å²) < 4.78 is 10.8. The second-order valence-electron chi connectivity index (χ2n) is 5.25. The molecule has 0 saturated carbocycles. The molecular formula is C16H24N2O3. The molecule has 1 fully saturated rings. The molecule has 5 nitrogen and oxygen atoms in total. The summed E-state index contributed by atoms with van der Waals surface area (Å²) in [4.78, 5) is 11.9. The lowest BCUT2D eigenvalue weighted by Crippen LogP contribution is -2.33. The van der Waals surface area contributed by atoms with Gasteiger partial charge in [-0.2, -0.15) is 0 Å². The fraction of sp³-hybridized carbons (Fsp3) is 0.562. The Kier molecular flexibility index (Phi) is 6.66. The van der Waals surface area contributed by atoms with Crippen molar-refractivity contribution < 1.29 is 14.3 Å². The lowest BCUT2D eigenvalue weighted by Gasteiger charge is -2.22. The predicted molar refractivity (Wildman–Crippen MR) is 82.2 cm³/mol. The van der Waals surface area contributed by atoms with Crippen LogP contribution in [0.25, 0.3) is 0 Å². The van der Waals surface area contributed by atoms with Gasteiger partial charge in [0.1, 0.15) is 0 Å². The SMILES string of the molecule is COCc1cccc(NC(=O)CCOC2CCNCC2)c1. The van der Waals surface area contributed by atoms with Gasteiger partial charge in [-0.3, -0.25) is 4.79 Å². The zero-order valence-electron chi connectivity index (χ0n) is 12.6. The molecule has 2 N–H and O–H groups in total. The Morgan fingerprint density at radius 2 is 2.19 bits per heavy atom. The summed E-state index contributed by atoms with van der Waals surface area (Å²) in [7, 11) is 1.66. The maximum Gasteiger partial charge on any atom is 0.226 e. The topological polar surface area (TPSA) is 59.6 Å². The predicted octanol–water partition coefficient (Wildman–Crippen LogP) is 1.93. The molecule has 1 amide bonds. The Bertz CT molecular complexity index is 445. The zero-order valence-corrected chi connectivity index (χ0v) is 12.6. The summed E-state index contributed by atoms with van der Waals surface area (Å²) >= 11 is 0. The number of anilines is 1. The molecule has 116 valence electrons. The second-order valence-corrected chi connectivity index (χ2v) is 5.25. The number of hydrogen-bond donors (Lipinski definition) is 2. The van der Waals surface area contributed by atoms with E-state index in [-0.39, 0.29) is 5.91 Å². The first-order chi connectivity index (χ1) is 10.3. The van der Waals surface area contributed by atoms with Crippen LogP contribution in [0, 0.1) is 0 Å². The summed E-state index contributed by atoms with van der Waals surface area (Å²) in [5.41, 5.74) is 1.85. The maximum absolute atomic E-state index is 11.9. The minimum Gasteiger partial charge on any atom is -0.380 e. The normalized spacial score (nSPS) is 15.9. The highest BCUT2D eigenvalue weighted by atomic mass is 16.5. The van der Waals surface area contributed by atoms with E-state index < -0.39 is 0 Å². The molecule has 1 aromatic rings. The quantitative estimate of drug-likeness (QED) is 0.806. The van der Waals surface area contributed by atoms with Crippen LogP contribution < -0.4 is 10.6 Å². The van der Waals surface area contributed by atoms with E-state index in [1.807, 2.05) is 24.3 Å². The lowest BCUT2D eigenvalue weighted by atomic mass is 10.1. The van der Waals surface area contributed by atoms with Gasteiger partial charge in [-0.05, 0) is 43.6 Å². The molecule has 21 heavy (non-hydrogen) atoms. The third-order valence-corrected chi connectivity index (χ3v) is 3.49. The van der Waals surface area contributed by atoms with Gasteiger partial charge in [0.15, 0.2) is 0 Å². The van der Waals surface area contributed by atoms with E-state index in [0.29, 0.717) is 25.7 Å². The Morgan fingerprint density at radius 1 is 1.38 bits per heavy atom. The van der Waals surface area contributed by atoms with Crippen molar-refractivity contribution in [1.29, 1.82) is 0 Å². The van der Waals surface area contributed by atoms with E-state index in [1.54, 1.807) is 7.11 Å². The third kappa shape index (κ3) is 5.83. The summed E-state index contributed by atoms with van der Waals surface area (Å²) in [6.07, 6.45) is 2.74. The highest BCUT2D eigenvalue weighted by molar-refractivity contribution is 5.90. The fourth-order valence-electron chi connectivity index (χ4n) is 2.41. The van der Waals surface area contributed by atoms with Gasteiger partial charge in [0, 0.05) is 12.8 Å². The van der Waals surface area contributed by atoms with Crippen molar-refractivity contribution in [1.82, 2.24) is 5.32 Å². The average Bonchev–Trinajstić information content (AvgIpc) is 2.49. The highest BCUT2D eigenvalue weighted by Crippen LogP contribution is 2.12. The molecule has 1 heterocycles. The van der Waals surface area contributed by atoms with Crippen LogP contribution in [0.15, 0.2) is 24.3 Å². The molecule has 0 unspecified atom stereocenters. The molecule has 5 heteroatoms. The largest absolute Gasteiger partial charge is 0.380 e. The molecule has 0 radical (unpaired) electrons. The number of carbonyl (C=O) groups is 1. The number of methoxy groups -OCH3 is 1. The minimum absolute atomic E-state index is 0.0153. The van der Waals surface area contributed by atoms with Crippen molar-refractivity contribution in [2.75, 3.05) is 32.1 Å². The molecule has 0 spiro atoms. The monoisotopic (exact) mass is 292 g/mol. The van der Waals surface area contributed by atoms with Crippen molar-refractivity contribution in [3.8, 4) is 0 Å². The number of nitrogens with one attached hydrogen (secondary N) is 2. The van der Waals surface area contributed by atoms with Crippen LogP contribution in [0.2, 0.25) is 0 Å². The molecule has 2 rings (SSSR count). The number of hydrogen-bond acceptors (Lipinski definition) is 4. The standard InChI is InChI=1S/C16H24N2O3/c1-20-12-13-3-2-4-14(11-13)18-16(19)7-10-21-15-5-8-17-9-6-15/h2-4,11,15,17H,5-10,12H2,1H3,(H,18,19). The number of amides is 1. The second kappa shape index (κ2) is 8.77. The third-order valence-electron chi connectivity index (χ3n) is 3.49. The number of carbonyl (C=O) groups excluding carboxylic acids is 1. The van der Waals surface area contributed by atoms with E-state index in [2.05, 4.69) is 10.6 Å². The van der Waals surface area contributed by atoms with Crippen LogP contribution in [-0.4, -0.2) is 38.8 Å². The van der Waals surface area contributed by atoms with E-state index in [0.717, 1.165) is 37.2 Å². The van der Waals surface area contributed by atoms with Crippen LogP contribution in [0.1, 0.15) is 24.8 Å². The molecule has 0 aromatic heterocycles. The van der Waals surface area contributed by atoms with Crippen LogP contribution in [0.4, 0.5) is 5.69 Å². The van der Waals surface area contributed by atoms with Gasteiger partial charge in [0.05, 0.1) is 25.7 Å². The highest BCUT2D eigenvalue weighted by Gasteiger charge is 2.13. The van der Waals surface area contributed by atoms with Gasteiger partial charge in [0.25, 0.3) is 0 Å². The lowest BCUT2D eigenvalue weighted by molar-refractivity contribution is -0.117. The molecule has 1 aliphatic rings. The Balaban J connectivity index is 1.70. The molecule has 1 saturated heterocycles. The van der Waals surface area contributed by atoms with Gasteiger partial charge in [0.2, 0.25) is 5.91 Å². The van der Waals surface area contributed by atoms with Crippen molar-refractivity contribution in [3.63, 3.8) is 0 Å². The van der Waals surface area contributed by atoms with Crippen LogP contribution in [-0.2, 0) is 20.9 Å². The smallest absolute Gasteiger partial charge is 0.226 e. The maximum atomic E-state index is 11.9. The fourth-order valence-corrected chi connectivity index (χ4v) is 2.41. The summed E-state index contributed by atoms with van der Waals surface area (Å²) in [6, 6.07) is 7.69. The van der Waals surface area contributed by atoms with Gasteiger partial charge in [-0.15, -0.1) is 0 Å². The summed E-state index contributed by atoms with van der Waals surface area (Å²) in [6.45, 7) is 3.03. The number of rotatable bonds is 7. The van der Waals surface area contributed by atoms with E-state index in [4.69, 9.17) is 9.47 Å². The average molecular weight is 292 g/mol. The molecule has 1 aliphatic heterocycles. The van der Waals surface area contributed by atoms with E-state index in [9.17, 15) is 4.79 Å².